The lowest BCUT2D eigenvalue weighted by atomic mass is 9.92. The van der Waals surface area contributed by atoms with Crippen LogP contribution in [0.15, 0.2) is 180 Å². The Bertz CT molecular complexity index is 3220. The molecule has 0 unspecified atom stereocenters. The summed E-state index contributed by atoms with van der Waals surface area (Å²) in [4.78, 5) is 15.7. The minimum absolute atomic E-state index is 0.630. The highest BCUT2D eigenvalue weighted by Gasteiger charge is 2.20. The van der Waals surface area contributed by atoms with E-state index in [1.165, 1.54) is 21.5 Å². The van der Waals surface area contributed by atoms with Crippen molar-refractivity contribution in [1.29, 1.82) is 0 Å². The molecule has 0 aliphatic carbocycles. The Balaban J connectivity index is 1.18. The van der Waals surface area contributed by atoms with Crippen LogP contribution in [0.3, 0.4) is 0 Å². The van der Waals surface area contributed by atoms with E-state index in [9.17, 15) is 0 Å². The number of para-hydroxylation sites is 1. The van der Waals surface area contributed by atoms with Gasteiger partial charge < -0.3 is 4.42 Å². The highest BCUT2D eigenvalue weighted by molar-refractivity contribution is 6.24. The van der Waals surface area contributed by atoms with Gasteiger partial charge in [0, 0.05) is 27.5 Å². The van der Waals surface area contributed by atoms with Crippen LogP contribution in [0.2, 0.25) is 0 Å². The van der Waals surface area contributed by atoms with E-state index in [0.29, 0.717) is 17.5 Å². The predicted molar refractivity (Wildman–Crippen MR) is 219 cm³/mol. The summed E-state index contributed by atoms with van der Waals surface area (Å²) in [6, 6.07) is 61.5. The van der Waals surface area contributed by atoms with Crippen molar-refractivity contribution in [2.45, 2.75) is 0 Å². The summed E-state index contributed by atoms with van der Waals surface area (Å²) in [5, 5.41) is 11.5. The normalized spacial score (nSPS) is 11.8. The number of hydrogen-bond donors (Lipinski definition) is 0. The lowest BCUT2D eigenvalue weighted by molar-refractivity contribution is 0.669. The molecule has 0 saturated heterocycles. The van der Waals surface area contributed by atoms with Gasteiger partial charge in [-0.1, -0.05) is 158 Å². The van der Waals surface area contributed by atoms with Gasteiger partial charge in [-0.3, -0.25) is 0 Å². The van der Waals surface area contributed by atoms with Gasteiger partial charge in [0.25, 0.3) is 0 Å². The van der Waals surface area contributed by atoms with Gasteiger partial charge in [0.05, 0.1) is 0 Å². The molecule has 0 bridgehead atoms. The molecule has 0 spiro atoms. The molecule has 4 heteroatoms. The predicted octanol–water partition coefficient (Wildman–Crippen LogP) is 13.1. The summed E-state index contributed by atoms with van der Waals surface area (Å²) < 4.78 is 6.28. The molecule has 9 aromatic carbocycles. The topological polar surface area (TPSA) is 51.8 Å². The summed E-state index contributed by atoms with van der Waals surface area (Å²) in [7, 11) is 0. The third-order valence-corrected chi connectivity index (χ3v) is 10.5. The molecule has 0 saturated carbocycles. The Labute approximate surface area is 304 Å². The number of fused-ring (bicyclic) bond motifs is 9. The van der Waals surface area contributed by atoms with Gasteiger partial charge in [-0.25, -0.2) is 15.0 Å². The molecule has 2 heterocycles. The van der Waals surface area contributed by atoms with Gasteiger partial charge in [-0.05, 0) is 72.4 Å². The highest BCUT2D eigenvalue weighted by atomic mass is 16.3. The number of aromatic nitrogens is 3. The van der Waals surface area contributed by atoms with Crippen molar-refractivity contribution in [3.63, 3.8) is 0 Å². The van der Waals surface area contributed by atoms with Gasteiger partial charge in [0.2, 0.25) is 0 Å². The molecule has 11 rings (SSSR count). The second-order valence-corrected chi connectivity index (χ2v) is 13.5. The maximum atomic E-state index is 6.28. The fourth-order valence-electron chi connectivity index (χ4n) is 8.13. The van der Waals surface area contributed by atoms with Gasteiger partial charge >= 0.3 is 0 Å². The van der Waals surface area contributed by atoms with Crippen LogP contribution in [0, 0.1) is 0 Å². The van der Waals surface area contributed by atoms with Crippen molar-refractivity contribution in [2.24, 2.45) is 0 Å². The SMILES string of the molecule is c1ccc(-c2nc(-c3cccc4c(-c5cccc6oc7ccccc7c56)cccc34)nc(-c3cc4ccccc4c4c3ccc3ccccc34)n2)cc1. The molecule has 11 aromatic rings. The molecule has 0 fully saturated rings. The Hall–Kier alpha value is -7.17. The second kappa shape index (κ2) is 11.7. The van der Waals surface area contributed by atoms with Crippen molar-refractivity contribution in [3.8, 4) is 45.3 Å². The number of furan rings is 1. The minimum atomic E-state index is 0.630. The largest absolute Gasteiger partial charge is 0.456 e. The van der Waals surface area contributed by atoms with E-state index in [-0.39, 0.29) is 0 Å². The van der Waals surface area contributed by atoms with Crippen LogP contribution in [0.1, 0.15) is 0 Å². The van der Waals surface area contributed by atoms with Crippen LogP contribution in [0.25, 0.3) is 110 Å². The first-order valence-corrected chi connectivity index (χ1v) is 17.9. The standard InChI is InChI=1S/C49H29N3O/c1-2-14-31(15-3-1)47-50-48(52-49(51-47)42-29-32-16-5-7-18-34(32)45-33-17-6-4-13-30(33)27-28-39(42)45)40-24-11-20-35-36(21-10-22-37(35)40)38-23-12-26-44-46(38)41-19-8-9-25-43(41)53-44/h1-29H. The van der Waals surface area contributed by atoms with Crippen LogP contribution < -0.4 is 0 Å². The Kier molecular flexibility index (Phi) is 6.52. The van der Waals surface area contributed by atoms with Gasteiger partial charge in [-0.15, -0.1) is 0 Å². The minimum Gasteiger partial charge on any atom is -0.456 e. The summed E-state index contributed by atoms with van der Waals surface area (Å²) in [6.45, 7) is 0. The van der Waals surface area contributed by atoms with Crippen molar-refractivity contribution in [2.75, 3.05) is 0 Å². The zero-order chi connectivity index (χ0) is 34.9. The lowest BCUT2D eigenvalue weighted by Crippen LogP contribution is -2.01. The van der Waals surface area contributed by atoms with E-state index in [0.717, 1.165) is 71.3 Å². The van der Waals surface area contributed by atoms with E-state index in [4.69, 9.17) is 19.4 Å². The molecule has 4 nitrogen and oxygen atoms in total. The molecule has 2 aromatic heterocycles. The van der Waals surface area contributed by atoms with Gasteiger partial charge in [0.1, 0.15) is 11.2 Å². The maximum absolute atomic E-state index is 6.28. The third-order valence-electron chi connectivity index (χ3n) is 10.5. The number of rotatable bonds is 4. The molecule has 0 atom stereocenters. The number of nitrogens with zero attached hydrogens (tertiary/aromatic N) is 3. The first-order chi connectivity index (χ1) is 26.3. The number of hydrogen-bond acceptors (Lipinski definition) is 4. The maximum Gasteiger partial charge on any atom is 0.164 e. The zero-order valence-electron chi connectivity index (χ0n) is 28.5. The third kappa shape index (κ3) is 4.66. The average molecular weight is 676 g/mol. The summed E-state index contributed by atoms with van der Waals surface area (Å²) in [5.74, 6) is 1.91. The van der Waals surface area contributed by atoms with Crippen LogP contribution in [0.5, 0.6) is 0 Å². The average Bonchev–Trinajstić information content (AvgIpc) is 3.62. The van der Waals surface area contributed by atoms with Crippen LogP contribution in [0.4, 0.5) is 0 Å². The Morgan fingerprint density at radius 1 is 0.302 bits per heavy atom. The van der Waals surface area contributed by atoms with Crippen molar-refractivity contribution in [3.05, 3.63) is 176 Å². The van der Waals surface area contributed by atoms with E-state index in [2.05, 4.69) is 140 Å². The molecular formula is C49H29N3O. The van der Waals surface area contributed by atoms with Crippen LogP contribution >= 0.6 is 0 Å². The zero-order valence-corrected chi connectivity index (χ0v) is 28.5. The smallest absolute Gasteiger partial charge is 0.164 e. The molecule has 0 N–H and O–H groups in total. The van der Waals surface area contributed by atoms with E-state index in [1.807, 2.05) is 36.4 Å². The lowest BCUT2D eigenvalue weighted by Gasteiger charge is -2.15. The van der Waals surface area contributed by atoms with Gasteiger partial charge in [-0.2, -0.15) is 0 Å². The first kappa shape index (κ1) is 29.5. The first-order valence-electron chi connectivity index (χ1n) is 17.9. The molecule has 0 radical (unpaired) electrons. The summed E-state index contributed by atoms with van der Waals surface area (Å²) >= 11 is 0. The van der Waals surface area contributed by atoms with Crippen LogP contribution in [-0.2, 0) is 0 Å². The van der Waals surface area contributed by atoms with Crippen molar-refractivity contribution >= 4 is 65.0 Å². The summed E-state index contributed by atoms with van der Waals surface area (Å²) in [5.41, 5.74) is 6.89. The van der Waals surface area contributed by atoms with Crippen molar-refractivity contribution < 1.29 is 4.42 Å². The molecular weight excluding hydrogens is 647 g/mol. The monoisotopic (exact) mass is 675 g/mol. The van der Waals surface area contributed by atoms with E-state index < -0.39 is 0 Å². The van der Waals surface area contributed by atoms with Crippen LogP contribution in [-0.4, -0.2) is 15.0 Å². The molecule has 246 valence electrons. The highest BCUT2D eigenvalue weighted by Crippen LogP contribution is 2.42. The second-order valence-electron chi connectivity index (χ2n) is 13.5. The van der Waals surface area contributed by atoms with E-state index in [1.54, 1.807) is 0 Å². The Morgan fingerprint density at radius 2 is 0.868 bits per heavy atom. The molecule has 0 amide bonds. The fraction of sp³-hybridized carbons (Fsp3) is 0. The molecule has 0 aliphatic rings. The van der Waals surface area contributed by atoms with Crippen molar-refractivity contribution in [1.82, 2.24) is 15.0 Å². The molecule has 53 heavy (non-hydrogen) atoms. The quantitative estimate of drug-likeness (QED) is 0.174. The fourth-order valence-corrected chi connectivity index (χ4v) is 8.13. The van der Waals surface area contributed by atoms with Gasteiger partial charge in [0.15, 0.2) is 17.5 Å². The van der Waals surface area contributed by atoms with E-state index >= 15 is 0 Å². The number of benzene rings is 9. The molecule has 0 aliphatic heterocycles. The summed E-state index contributed by atoms with van der Waals surface area (Å²) in [6.07, 6.45) is 0. The Morgan fingerprint density at radius 3 is 1.70 bits per heavy atom.